The van der Waals surface area contributed by atoms with Crippen molar-refractivity contribution in [2.75, 3.05) is 0 Å². The lowest BCUT2D eigenvalue weighted by Gasteiger charge is -2.02. The number of rotatable bonds is 26. The molecule has 0 unspecified atom stereocenters. The number of allylic oxidation sites excluding steroid dienone is 4. The molecule has 0 aliphatic carbocycles. The smallest absolute Gasteiger partial charge is 0.389 e. The number of primary amides is 1. The number of aromatic nitrogens is 10. The number of benzene rings is 2. The number of aliphatic hydroxyl groups excluding tert-OH is 1. The van der Waals surface area contributed by atoms with Crippen LogP contribution < -0.4 is 5.73 Å². The summed E-state index contributed by atoms with van der Waals surface area (Å²) in [6, 6.07) is 27.0. The highest BCUT2D eigenvalue weighted by Crippen LogP contribution is 2.24. The Labute approximate surface area is 618 Å². The standard InChI is InChI=1S/C14H12N4O2.C12H10N2O2.C7H9BrN4O3.C7H7BrN4O2.C7H7ClN4O2.C7H8N4O3.C5H6N2O2.C3H6/c15-9-4-10-17-11-16-14(18(19)20)13(17)8-7-12-5-2-1-3-6-12;15-14(16)12-11(8-9-13-12)7-6-10-4-2-1-3-5-10;8-3-5-7(12(14)15)10-4-11(5)2-1-6(9)13;2*8-4-6-7(12(13)14)10-5-11(6)3-1-2-9;8-2-1-3-10-5-9-7(11(13)14)6(10)4-12;1-4-2-3-6-5(4)7(8)9;1-3-2/h1-3,5-8,11H,4,10H2;1-7,9H,8H2;4H,1-3H2,(H2,9,13);2*5H,1,3-4H2;5,12H,1,3-4H2;3H,2H2,1H3;3H,1H2,2H3/b8-7+;7-6+;;;;;;. The number of hydrogen-bond acceptors (Lipinski definition) is 27. The molecule has 5 aromatic heterocycles. The lowest BCUT2D eigenvalue weighted by Crippen LogP contribution is -2.14. The second-order valence-corrected chi connectivity index (χ2v) is 21.5. The Morgan fingerprint density at radius 1 is 0.533 bits per heavy atom. The second-order valence-electron chi connectivity index (χ2n) is 20.1. The van der Waals surface area contributed by atoms with Gasteiger partial charge >= 0.3 is 40.7 Å². The van der Waals surface area contributed by atoms with E-state index in [1.165, 1.54) is 45.3 Å². The maximum absolute atomic E-state index is 11.0. The fourth-order valence-electron chi connectivity index (χ4n) is 8.21. The van der Waals surface area contributed by atoms with Gasteiger partial charge in [-0.15, -0.1) is 18.2 Å². The van der Waals surface area contributed by atoms with Crippen molar-refractivity contribution in [3.63, 3.8) is 0 Å². The summed E-state index contributed by atoms with van der Waals surface area (Å²) < 4.78 is 7.68. The maximum Gasteiger partial charge on any atom is 0.389 e. The third-order valence-electron chi connectivity index (χ3n) is 13.1. The average molecular weight is 1600 g/mol. The molecule has 0 fully saturated rings. The molecule has 9 rings (SSSR count). The molecule has 2 aliphatic heterocycles. The third kappa shape index (κ3) is 30.0. The van der Waals surface area contributed by atoms with E-state index in [4.69, 9.17) is 43.5 Å². The fourth-order valence-corrected chi connectivity index (χ4v) is 9.63. The van der Waals surface area contributed by atoms with Crippen LogP contribution in [0.5, 0.6) is 0 Å². The van der Waals surface area contributed by atoms with E-state index in [0.717, 1.165) is 16.7 Å². The average Bonchev–Trinajstić information content (AvgIpc) is 1.76. The molecule has 7 aromatic rings. The van der Waals surface area contributed by atoms with Gasteiger partial charge in [-0.25, -0.2) is 0 Å². The Bertz CT molecular complexity index is 4320. The van der Waals surface area contributed by atoms with E-state index in [9.17, 15) is 75.6 Å². The first kappa shape index (κ1) is 88.1. The number of aliphatic imine (C=N–C) groups is 2. The third-order valence-corrected chi connectivity index (χ3v) is 14.4. The summed E-state index contributed by atoms with van der Waals surface area (Å²) in [4.78, 5) is 106. The molecule has 1 amide bonds. The second kappa shape index (κ2) is 48.7. The topological polar surface area (TPSA) is 574 Å². The van der Waals surface area contributed by atoms with Gasteiger partial charge in [0, 0.05) is 57.6 Å². The van der Waals surface area contributed by atoms with Crippen molar-refractivity contribution in [1.29, 1.82) is 21.0 Å². The van der Waals surface area contributed by atoms with Crippen molar-refractivity contribution >= 4 is 109 Å². The first-order valence-corrected chi connectivity index (χ1v) is 32.9. The van der Waals surface area contributed by atoms with Crippen molar-refractivity contribution in [3.05, 3.63) is 244 Å². The van der Waals surface area contributed by atoms with Crippen LogP contribution in [0.4, 0.5) is 29.1 Å². The van der Waals surface area contributed by atoms with Crippen LogP contribution in [-0.2, 0) is 60.7 Å². The van der Waals surface area contributed by atoms with E-state index in [2.05, 4.69) is 73.3 Å². The number of carbonyl (C=O) groups excluding carboxylic acids is 1. The molecular formula is C62H65Br2ClN24O16. The summed E-state index contributed by atoms with van der Waals surface area (Å²) in [5.74, 6) is -1.62. The number of nitro groups is 7. The summed E-state index contributed by atoms with van der Waals surface area (Å²) in [5, 5.41) is 117. The van der Waals surface area contributed by atoms with Crippen molar-refractivity contribution < 1.29 is 44.4 Å². The quantitative estimate of drug-likeness (QED) is 0.0220. The van der Waals surface area contributed by atoms with Gasteiger partial charge in [-0.05, 0) is 96.5 Å². The molecule has 7 heterocycles. The SMILES string of the molecule is C=CC.CC1=C([N+](=O)[O-])N=CC1.N#CCCn1cnc([N+](=O)[O-])c1/C=C/c1ccccc1.N#CCCn1cnc([N+](=O)[O-])c1CBr.N#CCCn1cnc([N+](=O)[O-])c1CCl.N#CCCn1cnc([N+](=O)[O-])c1CO.NC(=O)CCn1cnc([N+](=O)[O-])c1CBr.O=[N+]([O-])C1=C(/C=C/c2ccccc2)CC=N1. The van der Waals surface area contributed by atoms with Gasteiger partial charge < -0.3 is 104 Å². The first-order valence-electron chi connectivity index (χ1n) is 30.1. The molecule has 0 atom stereocenters. The van der Waals surface area contributed by atoms with E-state index in [-0.39, 0.29) is 78.0 Å². The molecule has 0 bridgehead atoms. The molecule has 0 saturated carbocycles. The summed E-state index contributed by atoms with van der Waals surface area (Å²) >= 11 is 11.8. The largest absolute Gasteiger partial charge is 0.390 e. The summed E-state index contributed by atoms with van der Waals surface area (Å²) in [6.07, 6.45) is 20.9. The lowest BCUT2D eigenvalue weighted by molar-refractivity contribution is -0.426. The zero-order valence-corrected chi connectivity index (χ0v) is 59.7. The van der Waals surface area contributed by atoms with E-state index in [1.54, 1.807) is 52.8 Å². The van der Waals surface area contributed by atoms with Crippen LogP contribution in [0, 0.1) is 116 Å². The number of amides is 1. The number of nitrogens with two attached hydrogens (primary N) is 1. The molecule has 0 radical (unpaired) electrons. The molecular weight excluding hydrogens is 1530 g/mol. The Morgan fingerprint density at radius 3 is 1.23 bits per heavy atom. The molecule has 550 valence electrons. The number of imidazole rings is 5. The predicted octanol–water partition coefficient (Wildman–Crippen LogP) is 11.5. The minimum absolute atomic E-state index is 0.00926. The zero-order valence-electron chi connectivity index (χ0n) is 55.8. The highest BCUT2D eigenvalue weighted by atomic mass is 79.9. The fraction of sp³-hybridized carbons (Fsp3) is 0.290. The normalized spacial score (nSPS) is 11.2. The van der Waals surface area contributed by atoms with Crippen molar-refractivity contribution in [3.8, 4) is 24.3 Å². The van der Waals surface area contributed by atoms with Crippen LogP contribution in [0.25, 0.3) is 18.2 Å². The number of alkyl halides is 3. The maximum atomic E-state index is 11.0. The summed E-state index contributed by atoms with van der Waals surface area (Å²) in [6.45, 7) is 8.29. The molecule has 0 spiro atoms. The van der Waals surface area contributed by atoms with Crippen molar-refractivity contribution in [2.24, 2.45) is 15.7 Å². The Balaban J connectivity index is 0.000000417. The van der Waals surface area contributed by atoms with Crippen LogP contribution in [0.2, 0.25) is 0 Å². The molecule has 2 aromatic carbocycles. The van der Waals surface area contributed by atoms with Gasteiger partial charge in [-0.3, -0.25) is 4.79 Å². The van der Waals surface area contributed by atoms with Crippen LogP contribution in [0.15, 0.2) is 144 Å². The summed E-state index contributed by atoms with van der Waals surface area (Å²) in [5.41, 5.74) is 10.1. The van der Waals surface area contributed by atoms with Crippen molar-refractivity contribution in [2.45, 2.75) is 115 Å². The van der Waals surface area contributed by atoms with Gasteiger partial charge in [0.1, 0.15) is 40.9 Å². The predicted molar refractivity (Wildman–Crippen MR) is 387 cm³/mol. The highest BCUT2D eigenvalue weighted by Gasteiger charge is 2.25. The van der Waals surface area contributed by atoms with Gasteiger partial charge in [0.25, 0.3) is 0 Å². The number of carbonyl (C=O) groups is 1. The van der Waals surface area contributed by atoms with E-state index in [1.807, 2.05) is 97.9 Å². The molecule has 3 N–H and O–H groups in total. The minimum atomic E-state index is -0.658. The number of halogens is 3. The molecule has 43 heteroatoms. The van der Waals surface area contributed by atoms with Crippen molar-refractivity contribution in [1.82, 2.24) is 47.8 Å². The van der Waals surface area contributed by atoms with Gasteiger partial charge in [0.2, 0.25) is 37.5 Å². The van der Waals surface area contributed by atoms with E-state index in [0.29, 0.717) is 91.0 Å². The Hall–Kier alpha value is -13.0. The van der Waals surface area contributed by atoms with E-state index < -0.39 is 47.0 Å². The molecule has 40 nitrogen and oxygen atoms in total. The van der Waals surface area contributed by atoms with Gasteiger partial charge in [0.05, 0.1) is 78.7 Å². The highest BCUT2D eigenvalue weighted by molar-refractivity contribution is 9.08. The monoisotopic (exact) mass is 1590 g/mol. The Morgan fingerprint density at radius 2 is 0.876 bits per heavy atom. The number of nitriles is 4. The summed E-state index contributed by atoms with van der Waals surface area (Å²) in [7, 11) is 0. The molecule has 0 saturated heterocycles. The van der Waals surface area contributed by atoms with Crippen LogP contribution >= 0.6 is 43.5 Å². The number of aliphatic hydroxyl groups is 1. The van der Waals surface area contributed by atoms with Gasteiger partial charge in [-0.2, -0.15) is 21.0 Å². The van der Waals surface area contributed by atoms with Gasteiger partial charge in [-0.1, -0.05) is 121 Å². The van der Waals surface area contributed by atoms with Crippen LogP contribution in [0.1, 0.15) is 98.4 Å². The Kier molecular flexibility index (Phi) is 40.8. The number of aryl methyl sites for hydroxylation is 5. The van der Waals surface area contributed by atoms with E-state index >= 15 is 0 Å². The number of hydrogen-bond donors (Lipinski definition) is 2. The van der Waals surface area contributed by atoms with Crippen LogP contribution in [-0.4, -0.2) is 106 Å². The van der Waals surface area contributed by atoms with Crippen LogP contribution in [0.3, 0.4) is 0 Å². The first-order chi connectivity index (χ1) is 50.3. The molecule has 105 heavy (non-hydrogen) atoms. The molecule has 2 aliphatic rings. The minimum Gasteiger partial charge on any atom is -0.390 e. The lowest BCUT2D eigenvalue weighted by atomic mass is 10.1. The number of nitrogens with zero attached hydrogens (tertiary/aromatic N) is 23. The van der Waals surface area contributed by atoms with Gasteiger partial charge in [0.15, 0.2) is 0 Å². The zero-order chi connectivity index (χ0) is 78.4.